The third-order valence-corrected chi connectivity index (χ3v) is 10.9. The lowest BCUT2D eigenvalue weighted by atomic mass is 9.76. The molecule has 0 saturated heterocycles. The molecule has 1 aliphatic carbocycles. The number of ether oxygens (including phenoxy) is 1. The number of aromatic nitrogens is 1. The molecule has 0 spiro atoms. The first kappa shape index (κ1) is 34.0. The number of carbonyl (C=O) groups is 5. The summed E-state index contributed by atoms with van der Waals surface area (Å²) in [5, 5.41) is 12.3. The van der Waals surface area contributed by atoms with Crippen molar-refractivity contribution in [1.82, 2.24) is 14.8 Å². The summed E-state index contributed by atoms with van der Waals surface area (Å²) < 4.78 is 6.57. The fourth-order valence-electron chi connectivity index (χ4n) is 5.54. The third-order valence-electron chi connectivity index (χ3n) is 8.60. The van der Waals surface area contributed by atoms with Gasteiger partial charge in [0.2, 0.25) is 5.91 Å². The van der Waals surface area contributed by atoms with E-state index in [-0.39, 0.29) is 37.0 Å². The molecule has 2 aromatic carbocycles. The van der Waals surface area contributed by atoms with Gasteiger partial charge in [0.25, 0.3) is 0 Å². The number of carboxylic acid groups (broad SMARTS) is 1. The van der Waals surface area contributed by atoms with Gasteiger partial charge < -0.3 is 19.6 Å². The van der Waals surface area contributed by atoms with Crippen LogP contribution in [0.4, 0.5) is 4.79 Å². The summed E-state index contributed by atoms with van der Waals surface area (Å²) >= 11 is 2.83. The van der Waals surface area contributed by atoms with Crippen LogP contribution >= 0.6 is 23.1 Å². The zero-order valence-corrected chi connectivity index (χ0v) is 28.9. The summed E-state index contributed by atoms with van der Waals surface area (Å²) in [7, 11) is 3.23. The Kier molecular flexibility index (Phi) is 9.43. The molecular weight excluding hydrogens is 641 g/mol. The molecular formula is C34H36N4O7S2. The normalized spacial score (nSPS) is 17.1. The number of fused-ring (bicyclic) bond motifs is 3. The number of hydrogen-bond donors (Lipinski definition) is 1. The van der Waals surface area contributed by atoms with Crippen molar-refractivity contribution >= 4 is 78.7 Å². The Labute approximate surface area is 280 Å². The number of nitrogens with zero attached hydrogens (tertiary/aromatic N) is 4. The van der Waals surface area contributed by atoms with Crippen LogP contribution in [0.2, 0.25) is 0 Å². The van der Waals surface area contributed by atoms with Gasteiger partial charge >= 0.3 is 12.1 Å². The Balaban J connectivity index is 1.20. The summed E-state index contributed by atoms with van der Waals surface area (Å²) in [5.74, 6) is -0.784. The maximum absolute atomic E-state index is 13.4. The van der Waals surface area contributed by atoms with Crippen LogP contribution in [0.3, 0.4) is 0 Å². The SMILES string of the molecule is CC1=C(C)C(=O)C(CC(C)(C)C(=O)N(C)CCN(C)C(=O)Oc2ccc3c(ccc4nc(C5=NC(C(=O)O)CS5)sc43)c2)=C(C)C1=O. The topological polar surface area (TPSA) is 147 Å². The standard InChI is InChI=1S/C34H36N4O7S2/c1-17-18(2)27(40)23(19(3)26(17)39)15-34(4,5)32(43)37(6)12-13-38(7)33(44)45-21-9-10-22-20(14-21)8-11-24-28(22)47-30(35-24)29-36-25(16-46-29)31(41)42/h8-11,14,25H,12-13,15-16H2,1-7H3,(H,41,42). The molecule has 246 valence electrons. The van der Waals surface area contributed by atoms with Crippen molar-refractivity contribution in [3.8, 4) is 5.75 Å². The second-order valence-electron chi connectivity index (χ2n) is 12.5. The van der Waals surface area contributed by atoms with Gasteiger partial charge in [0.1, 0.15) is 15.8 Å². The number of hydrogen-bond acceptors (Lipinski definition) is 10. The molecule has 3 aromatic rings. The maximum Gasteiger partial charge on any atom is 0.415 e. The number of carboxylic acids is 1. The van der Waals surface area contributed by atoms with Gasteiger partial charge in [-0.05, 0) is 56.8 Å². The first-order valence-corrected chi connectivity index (χ1v) is 16.8. The zero-order valence-electron chi connectivity index (χ0n) is 27.3. The molecule has 11 nitrogen and oxygen atoms in total. The smallest absolute Gasteiger partial charge is 0.415 e. The largest absolute Gasteiger partial charge is 0.480 e. The molecule has 1 aliphatic heterocycles. The molecule has 13 heteroatoms. The van der Waals surface area contributed by atoms with E-state index in [4.69, 9.17) is 4.74 Å². The van der Waals surface area contributed by atoms with Crippen LogP contribution in [0.5, 0.6) is 5.75 Å². The monoisotopic (exact) mass is 676 g/mol. The highest BCUT2D eigenvalue weighted by atomic mass is 32.2. The molecule has 0 saturated carbocycles. The quantitative estimate of drug-likeness (QED) is 0.290. The van der Waals surface area contributed by atoms with Gasteiger partial charge in [0, 0.05) is 66.0 Å². The van der Waals surface area contributed by atoms with E-state index >= 15 is 0 Å². The number of rotatable bonds is 9. The molecule has 1 aromatic heterocycles. The van der Waals surface area contributed by atoms with E-state index in [2.05, 4.69) is 9.98 Å². The molecule has 2 aliphatic rings. The maximum atomic E-state index is 13.4. The summed E-state index contributed by atoms with van der Waals surface area (Å²) in [6.07, 6.45) is -0.454. The molecule has 1 unspecified atom stereocenters. The van der Waals surface area contributed by atoms with Gasteiger partial charge in [0.05, 0.1) is 10.2 Å². The molecule has 47 heavy (non-hydrogen) atoms. The van der Waals surface area contributed by atoms with Crippen LogP contribution in [0.1, 0.15) is 46.0 Å². The number of amides is 2. The van der Waals surface area contributed by atoms with E-state index in [0.29, 0.717) is 43.8 Å². The van der Waals surface area contributed by atoms with Gasteiger partial charge in [-0.25, -0.2) is 14.6 Å². The molecule has 0 bridgehead atoms. The Morgan fingerprint density at radius 3 is 2.34 bits per heavy atom. The van der Waals surface area contributed by atoms with Crippen molar-refractivity contribution in [2.24, 2.45) is 10.4 Å². The van der Waals surface area contributed by atoms with Crippen LogP contribution in [-0.4, -0.2) is 93.4 Å². The Hall–Kier alpha value is -4.36. The highest BCUT2D eigenvalue weighted by molar-refractivity contribution is 8.15. The second-order valence-corrected chi connectivity index (χ2v) is 14.5. The summed E-state index contributed by atoms with van der Waals surface area (Å²) in [4.78, 5) is 75.1. The van der Waals surface area contributed by atoms with E-state index in [1.165, 1.54) is 32.9 Å². The van der Waals surface area contributed by atoms with Crippen LogP contribution in [0, 0.1) is 5.41 Å². The van der Waals surface area contributed by atoms with Crippen LogP contribution in [0.25, 0.3) is 21.0 Å². The number of Topliss-reactive ketones (excluding diaryl/α,β-unsaturated/α-hetero) is 2. The Bertz CT molecular complexity index is 1960. The Morgan fingerprint density at radius 1 is 0.979 bits per heavy atom. The Morgan fingerprint density at radius 2 is 1.66 bits per heavy atom. The molecule has 0 fully saturated rings. The minimum Gasteiger partial charge on any atom is -0.480 e. The highest BCUT2D eigenvalue weighted by Gasteiger charge is 2.37. The van der Waals surface area contributed by atoms with Crippen molar-refractivity contribution in [3.05, 3.63) is 57.6 Å². The fraction of sp³-hybridized carbons (Fsp3) is 0.382. The van der Waals surface area contributed by atoms with Crippen molar-refractivity contribution in [2.75, 3.05) is 32.9 Å². The summed E-state index contributed by atoms with van der Waals surface area (Å²) in [6.45, 7) is 8.85. The predicted octanol–water partition coefficient (Wildman–Crippen LogP) is 5.51. The van der Waals surface area contributed by atoms with E-state index < -0.39 is 23.5 Å². The molecule has 0 radical (unpaired) electrons. The van der Waals surface area contributed by atoms with Crippen molar-refractivity contribution < 1.29 is 33.8 Å². The number of aliphatic carboxylic acids is 1. The average Bonchev–Trinajstić information content (AvgIpc) is 3.71. The van der Waals surface area contributed by atoms with Gasteiger partial charge in [-0.2, -0.15) is 0 Å². The molecule has 1 atom stereocenters. The first-order valence-electron chi connectivity index (χ1n) is 15.0. The van der Waals surface area contributed by atoms with Crippen LogP contribution < -0.4 is 4.74 Å². The fourth-order valence-corrected chi connectivity index (χ4v) is 7.74. The number of ketones is 2. The van der Waals surface area contributed by atoms with Gasteiger partial charge in [0.15, 0.2) is 17.6 Å². The summed E-state index contributed by atoms with van der Waals surface area (Å²) in [6, 6.07) is 8.34. The lowest BCUT2D eigenvalue weighted by Crippen LogP contribution is -2.44. The zero-order chi connectivity index (χ0) is 34.4. The molecule has 2 heterocycles. The lowest BCUT2D eigenvalue weighted by Gasteiger charge is -2.32. The van der Waals surface area contributed by atoms with Gasteiger partial charge in [-0.15, -0.1) is 23.1 Å². The number of likely N-dealkylation sites (N-methyl/N-ethyl adjacent to an activating group) is 2. The number of aliphatic imine (C=N–C) groups is 1. The van der Waals surface area contributed by atoms with Gasteiger partial charge in [-0.1, -0.05) is 19.9 Å². The number of thioether (sulfide) groups is 1. The predicted molar refractivity (Wildman–Crippen MR) is 183 cm³/mol. The molecule has 1 N–H and O–H groups in total. The first-order chi connectivity index (χ1) is 22.1. The number of allylic oxidation sites excluding steroid dienone is 4. The van der Waals surface area contributed by atoms with Crippen molar-refractivity contribution in [1.29, 1.82) is 0 Å². The van der Waals surface area contributed by atoms with Gasteiger partial charge in [-0.3, -0.25) is 19.4 Å². The molecule has 2 amide bonds. The highest BCUT2D eigenvalue weighted by Crippen LogP contribution is 2.36. The summed E-state index contributed by atoms with van der Waals surface area (Å²) in [5.41, 5.74) is 1.43. The van der Waals surface area contributed by atoms with Crippen LogP contribution in [0.15, 0.2) is 57.6 Å². The average molecular weight is 677 g/mol. The lowest BCUT2D eigenvalue weighted by molar-refractivity contribution is -0.139. The van der Waals surface area contributed by atoms with Crippen molar-refractivity contribution in [3.63, 3.8) is 0 Å². The van der Waals surface area contributed by atoms with E-state index in [1.54, 1.807) is 60.8 Å². The van der Waals surface area contributed by atoms with E-state index in [1.807, 2.05) is 18.2 Å². The van der Waals surface area contributed by atoms with E-state index in [9.17, 15) is 29.1 Å². The van der Waals surface area contributed by atoms with Crippen LogP contribution in [-0.2, 0) is 19.2 Å². The second kappa shape index (κ2) is 13.0. The minimum atomic E-state index is -0.953. The number of carbonyl (C=O) groups excluding carboxylic acids is 4. The van der Waals surface area contributed by atoms with Crippen molar-refractivity contribution in [2.45, 2.75) is 47.1 Å². The van der Waals surface area contributed by atoms with E-state index in [0.717, 1.165) is 21.0 Å². The molecule has 5 rings (SSSR count). The number of thiazole rings is 1. The third kappa shape index (κ3) is 6.72. The minimum absolute atomic E-state index is 0.130. The number of benzene rings is 2.